The van der Waals surface area contributed by atoms with Gasteiger partial charge in [-0.25, -0.2) is 17.8 Å². The minimum absolute atomic E-state index is 0.0449. The Kier molecular flexibility index (Phi) is 6.03. The van der Waals surface area contributed by atoms with Crippen molar-refractivity contribution in [1.82, 2.24) is 8.87 Å². The summed E-state index contributed by atoms with van der Waals surface area (Å²) >= 11 is 0. The SMILES string of the molecule is CC(C)(C)OC(=O)n1c(S(=O)(=O)N2CCC3(CCN(c4ccc(O)cc4)CC3)C2)cc2ccccc21. The number of fused-ring (bicyclic) bond motifs is 1. The molecule has 9 heteroatoms. The van der Waals surface area contributed by atoms with Gasteiger partial charge in [0, 0.05) is 37.3 Å². The summed E-state index contributed by atoms with van der Waals surface area (Å²) in [5, 5.41) is 10.2. The van der Waals surface area contributed by atoms with E-state index < -0.39 is 21.7 Å². The van der Waals surface area contributed by atoms with E-state index in [-0.39, 0.29) is 16.2 Å². The van der Waals surface area contributed by atoms with Gasteiger partial charge in [0.05, 0.1) is 5.52 Å². The Hall–Kier alpha value is -3.04. The maximum atomic E-state index is 13.9. The zero-order chi connectivity index (χ0) is 25.7. The van der Waals surface area contributed by atoms with Crippen molar-refractivity contribution in [3.05, 3.63) is 54.6 Å². The minimum atomic E-state index is -3.92. The lowest BCUT2D eigenvalue weighted by Gasteiger charge is -2.40. The molecule has 2 saturated heterocycles. The minimum Gasteiger partial charge on any atom is -0.508 e. The van der Waals surface area contributed by atoms with E-state index in [2.05, 4.69) is 4.90 Å². The lowest BCUT2D eigenvalue weighted by atomic mass is 9.78. The summed E-state index contributed by atoms with van der Waals surface area (Å²) in [6.07, 6.45) is 1.87. The van der Waals surface area contributed by atoms with Crippen LogP contribution in [0.2, 0.25) is 0 Å². The third-order valence-corrected chi connectivity index (χ3v) is 9.12. The number of phenols is 1. The maximum absolute atomic E-state index is 13.9. The number of aromatic nitrogens is 1. The number of rotatable bonds is 3. The molecular weight excluding hydrogens is 478 g/mol. The summed E-state index contributed by atoms with van der Waals surface area (Å²) in [5.41, 5.74) is 0.740. The van der Waals surface area contributed by atoms with Gasteiger partial charge in [-0.15, -0.1) is 0 Å². The van der Waals surface area contributed by atoms with Crippen molar-refractivity contribution >= 4 is 32.7 Å². The molecule has 1 aromatic heterocycles. The normalized spacial score (nSPS) is 18.7. The number of hydrogen-bond donors (Lipinski definition) is 1. The zero-order valence-electron chi connectivity index (χ0n) is 21.0. The van der Waals surface area contributed by atoms with E-state index in [0.29, 0.717) is 24.0 Å². The monoisotopic (exact) mass is 511 g/mol. The lowest BCUT2D eigenvalue weighted by molar-refractivity contribution is 0.0530. The Morgan fingerprint density at radius 2 is 1.61 bits per heavy atom. The van der Waals surface area contributed by atoms with E-state index in [1.807, 2.05) is 18.2 Å². The van der Waals surface area contributed by atoms with Crippen LogP contribution in [-0.2, 0) is 14.8 Å². The number of sulfonamides is 1. The van der Waals surface area contributed by atoms with Gasteiger partial charge in [0.15, 0.2) is 5.03 Å². The lowest BCUT2D eigenvalue weighted by Crippen LogP contribution is -2.42. The van der Waals surface area contributed by atoms with Crippen LogP contribution in [0.3, 0.4) is 0 Å². The van der Waals surface area contributed by atoms with Crippen LogP contribution in [0.25, 0.3) is 10.9 Å². The molecule has 8 nitrogen and oxygen atoms in total. The van der Waals surface area contributed by atoms with Crippen LogP contribution in [-0.4, -0.2) is 60.3 Å². The van der Waals surface area contributed by atoms with Crippen LogP contribution in [0.5, 0.6) is 5.75 Å². The molecule has 2 aliphatic rings. The number of carbonyl (C=O) groups is 1. The number of ether oxygens (including phenoxy) is 1. The summed E-state index contributed by atoms with van der Waals surface area (Å²) in [5.74, 6) is 0.243. The topological polar surface area (TPSA) is 92.1 Å². The van der Waals surface area contributed by atoms with Crippen LogP contribution in [0, 0.1) is 5.41 Å². The van der Waals surface area contributed by atoms with Gasteiger partial charge in [-0.05, 0) is 81.8 Å². The van der Waals surface area contributed by atoms with Crippen molar-refractivity contribution in [2.24, 2.45) is 5.41 Å². The first-order chi connectivity index (χ1) is 17.0. The van der Waals surface area contributed by atoms with Crippen LogP contribution in [0.4, 0.5) is 10.5 Å². The molecule has 2 aliphatic heterocycles. The predicted molar refractivity (Wildman–Crippen MR) is 139 cm³/mol. The van der Waals surface area contributed by atoms with Crippen LogP contribution in [0.1, 0.15) is 40.0 Å². The molecule has 0 bridgehead atoms. The highest BCUT2D eigenvalue weighted by atomic mass is 32.2. The molecule has 1 spiro atoms. The Bertz CT molecular complexity index is 1380. The summed E-state index contributed by atoms with van der Waals surface area (Å²) in [7, 11) is -3.92. The van der Waals surface area contributed by atoms with Gasteiger partial charge in [-0.3, -0.25) is 0 Å². The number of para-hydroxylation sites is 1. The molecule has 1 N–H and O–H groups in total. The number of phenolic OH excluding ortho intramolecular Hbond substituents is 1. The van der Waals surface area contributed by atoms with Gasteiger partial charge < -0.3 is 14.7 Å². The van der Waals surface area contributed by atoms with E-state index in [1.54, 1.807) is 57.2 Å². The van der Waals surface area contributed by atoms with E-state index in [1.165, 1.54) is 8.87 Å². The number of piperidine rings is 1. The maximum Gasteiger partial charge on any atom is 0.420 e. The van der Waals surface area contributed by atoms with Crippen molar-refractivity contribution in [3.63, 3.8) is 0 Å². The molecule has 36 heavy (non-hydrogen) atoms. The highest BCUT2D eigenvalue weighted by Gasteiger charge is 2.45. The molecule has 2 fully saturated rings. The molecule has 0 atom stereocenters. The fraction of sp³-hybridized carbons (Fsp3) is 0.444. The molecule has 0 aliphatic carbocycles. The highest BCUT2D eigenvalue weighted by molar-refractivity contribution is 7.89. The van der Waals surface area contributed by atoms with Gasteiger partial charge in [0.1, 0.15) is 11.4 Å². The number of hydrogen-bond acceptors (Lipinski definition) is 6. The third kappa shape index (κ3) is 4.57. The van der Waals surface area contributed by atoms with Gasteiger partial charge in [-0.2, -0.15) is 4.31 Å². The van der Waals surface area contributed by atoms with Gasteiger partial charge in [0.2, 0.25) is 0 Å². The number of benzene rings is 2. The Morgan fingerprint density at radius 3 is 2.28 bits per heavy atom. The summed E-state index contributed by atoms with van der Waals surface area (Å²) in [6.45, 7) is 7.82. The van der Waals surface area contributed by atoms with Crippen molar-refractivity contribution in [2.45, 2.75) is 50.7 Å². The Morgan fingerprint density at radius 1 is 0.972 bits per heavy atom. The second kappa shape index (κ2) is 8.81. The summed E-state index contributed by atoms with van der Waals surface area (Å²) in [4.78, 5) is 15.4. The van der Waals surface area contributed by atoms with Crippen LogP contribution >= 0.6 is 0 Å². The predicted octanol–water partition coefficient (Wildman–Crippen LogP) is 4.81. The number of nitrogens with zero attached hydrogens (tertiary/aromatic N) is 3. The average Bonchev–Trinajstić information content (AvgIpc) is 3.42. The molecule has 0 radical (unpaired) electrons. The summed E-state index contributed by atoms with van der Waals surface area (Å²) in [6, 6.07) is 15.9. The fourth-order valence-corrected chi connectivity index (χ4v) is 7.08. The molecule has 3 aromatic rings. The van der Waals surface area contributed by atoms with Crippen molar-refractivity contribution in [1.29, 1.82) is 0 Å². The van der Waals surface area contributed by atoms with Gasteiger partial charge >= 0.3 is 6.09 Å². The van der Waals surface area contributed by atoms with Gasteiger partial charge in [0.25, 0.3) is 10.0 Å². The Labute approximate surface area is 212 Å². The van der Waals surface area contributed by atoms with Gasteiger partial charge in [-0.1, -0.05) is 18.2 Å². The molecular formula is C27H33N3O5S. The molecule has 5 rings (SSSR count). The fourth-order valence-electron chi connectivity index (χ4n) is 5.36. The van der Waals surface area contributed by atoms with E-state index in [0.717, 1.165) is 38.0 Å². The quantitative estimate of drug-likeness (QED) is 0.543. The molecule has 192 valence electrons. The molecule has 2 aromatic carbocycles. The number of aromatic hydroxyl groups is 1. The highest BCUT2D eigenvalue weighted by Crippen LogP contribution is 2.43. The second-order valence-electron chi connectivity index (χ2n) is 10.9. The first-order valence-electron chi connectivity index (χ1n) is 12.4. The molecule has 3 heterocycles. The largest absolute Gasteiger partial charge is 0.508 e. The molecule has 0 saturated carbocycles. The van der Waals surface area contributed by atoms with E-state index >= 15 is 0 Å². The molecule has 0 unspecified atom stereocenters. The Balaban J connectivity index is 1.39. The van der Waals surface area contributed by atoms with E-state index in [9.17, 15) is 18.3 Å². The number of anilines is 1. The molecule has 0 amide bonds. The standard InChI is InChI=1S/C27H33N3O5S/c1-26(2,3)35-25(32)30-23-7-5-4-6-20(23)18-24(30)36(33,34)29-17-14-27(19-29)12-15-28(16-13-27)21-8-10-22(31)11-9-21/h4-11,18,31H,12-17,19H2,1-3H3. The average molecular weight is 512 g/mol. The summed E-state index contributed by atoms with van der Waals surface area (Å²) < 4.78 is 36.1. The first-order valence-corrected chi connectivity index (χ1v) is 13.8. The van der Waals surface area contributed by atoms with Crippen LogP contribution < -0.4 is 4.90 Å². The van der Waals surface area contributed by atoms with Crippen molar-refractivity contribution in [2.75, 3.05) is 31.1 Å². The van der Waals surface area contributed by atoms with E-state index in [4.69, 9.17) is 4.74 Å². The smallest absolute Gasteiger partial charge is 0.420 e. The van der Waals surface area contributed by atoms with Crippen LogP contribution in [0.15, 0.2) is 59.6 Å². The number of carbonyl (C=O) groups excluding carboxylic acids is 1. The van der Waals surface area contributed by atoms with Crippen molar-refractivity contribution < 1.29 is 23.1 Å². The zero-order valence-corrected chi connectivity index (χ0v) is 21.8. The second-order valence-corrected chi connectivity index (χ2v) is 12.8. The van der Waals surface area contributed by atoms with Crippen molar-refractivity contribution in [3.8, 4) is 5.75 Å². The third-order valence-electron chi connectivity index (χ3n) is 7.30. The first kappa shape index (κ1) is 24.6.